The van der Waals surface area contributed by atoms with Gasteiger partial charge in [0, 0.05) is 36.4 Å². The minimum Gasteiger partial charge on any atom is -0.497 e. The number of aryl methyl sites for hydroxylation is 1. The lowest BCUT2D eigenvalue weighted by Gasteiger charge is -2.06. The highest BCUT2D eigenvalue weighted by Crippen LogP contribution is 2.18. The summed E-state index contributed by atoms with van der Waals surface area (Å²) in [7, 11) is 1.58. The van der Waals surface area contributed by atoms with Crippen LogP contribution in [0, 0.1) is 0 Å². The first-order valence-electron chi connectivity index (χ1n) is 8.94. The number of hydrogen-bond donors (Lipinski definition) is 3. The van der Waals surface area contributed by atoms with Crippen LogP contribution in [0.5, 0.6) is 5.75 Å². The van der Waals surface area contributed by atoms with Gasteiger partial charge < -0.3 is 15.4 Å². The molecule has 3 amide bonds. The fourth-order valence-electron chi connectivity index (χ4n) is 2.44. The lowest BCUT2D eigenvalue weighted by molar-refractivity contribution is -0.121. The Morgan fingerprint density at radius 2 is 1.83 bits per heavy atom. The van der Waals surface area contributed by atoms with Gasteiger partial charge in [-0.25, -0.2) is 9.78 Å². The van der Waals surface area contributed by atoms with E-state index in [2.05, 4.69) is 25.9 Å². The first-order chi connectivity index (χ1) is 14.1. The van der Waals surface area contributed by atoms with Crippen molar-refractivity contribution in [3.63, 3.8) is 0 Å². The molecule has 0 saturated carbocycles. The van der Waals surface area contributed by atoms with Crippen LogP contribution in [0.2, 0.25) is 0 Å². The van der Waals surface area contributed by atoms with Gasteiger partial charge in [-0.3, -0.25) is 15.1 Å². The molecule has 0 fully saturated rings. The molecule has 0 saturated heterocycles. The Kier molecular flexibility index (Phi) is 7.12. The van der Waals surface area contributed by atoms with Crippen molar-refractivity contribution in [1.29, 1.82) is 0 Å². The quantitative estimate of drug-likeness (QED) is 0.527. The van der Waals surface area contributed by atoms with E-state index in [4.69, 9.17) is 4.74 Å². The minimum atomic E-state index is -0.383. The Labute approximate surface area is 172 Å². The normalized spacial score (nSPS) is 10.2. The van der Waals surface area contributed by atoms with Crippen LogP contribution in [0.1, 0.15) is 17.7 Å². The van der Waals surface area contributed by atoms with Gasteiger partial charge in [-0.1, -0.05) is 0 Å². The van der Waals surface area contributed by atoms with Gasteiger partial charge >= 0.3 is 6.03 Å². The average molecular weight is 411 g/mol. The summed E-state index contributed by atoms with van der Waals surface area (Å²) >= 11 is 1.31. The Morgan fingerprint density at radius 1 is 1.07 bits per heavy atom. The molecule has 8 nitrogen and oxygen atoms in total. The first-order valence-corrected chi connectivity index (χ1v) is 9.82. The number of carbonyl (C=O) groups is 2. The highest BCUT2D eigenvalue weighted by Gasteiger charge is 2.09. The van der Waals surface area contributed by atoms with Crippen molar-refractivity contribution in [2.24, 2.45) is 0 Å². The van der Waals surface area contributed by atoms with Gasteiger partial charge in [0.1, 0.15) is 5.75 Å². The summed E-state index contributed by atoms with van der Waals surface area (Å²) in [5.41, 5.74) is 2.40. The van der Waals surface area contributed by atoms with Crippen LogP contribution in [-0.2, 0) is 17.8 Å². The molecule has 3 aromatic rings. The van der Waals surface area contributed by atoms with E-state index in [1.54, 1.807) is 43.8 Å². The minimum absolute atomic E-state index is 0.0541. The topological polar surface area (TPSA) is 105 Å². The van der Waals surface area contributed by atoms with Crippen molar-refractivity contribution in [3.05, 3.63) is 65.4 Å². The molecule has 9 heteroatoms. The number of amides is 3. The van der Waals surface area contributed by atoms with Crippen molar-refractivity contribution in [2.75, 3.05) is 17.7 Å². The molecule has 0 spiro atoms. The largest absolute Gasteiger partial charge is 0.497 e. The monoisotopic (exact) mass is 411 g/mol. The fraction of sp³-hybridized carbons (Fsp3) is 0.200. The molecule has 0 aliphatic rings. The van der Waals surface area contributed by atoms with Gasteiger partial charge in [-0.2, -0.15) is 0 Å². The Hall–Kier alpha value is -3.46. The lowest BCUT2D eigenvalue weighted by Crippen LogP contribution is -2.23. The second-order valence-electron chi connectivity index (χ2n) is 6.08. The maximum atomic E-state index is 12.1. The van der Waals surface area contributed by atoms with Crippen molar-refractivity contribution in [2.45, 2.75) is 19.4 Å². The Bertz CT molecular complexity index is 944. The zero-order valence-electron chi connectivity index (χ0n) is 15.8. The van der Waals surface area contributed by atoms with E-state index in [0.717, 1.165) is 11.3 Å². The number of aromatic nitrogens is 2. The van der Waals surface area contributed by atoms with Crippen LogP contribution >= 0.6 is 11.3 Å². The van der Waals surface area contributed by atoms with Crippen molar-refractivity contribution in [3.8, 4) is 5.75 Å². The zero-order chi connectivity index (χ0) is 20.5. The number of anilines is 2. The van der Waals surface area contributed by atoms with E-state index in [9.17, 15) is 9.59 Å². The standard InChI is InChI=1S/C20H21N5O3S/c1-28-17-5-2-15(3-6-17)23-19(27)25-20-24-16(13-29-20)4-7-18(26)22-12-14-8-10-21-11-9-14/h2-3,5-6,8-11,13H,4,7,12H2,1H3,(H,22,26)(H2,23,24,25,27). The van der Waals surface area contributed by atoms with Crippen LogP contribution < -0.4 is 20.7 Å². The number of hydrogen-bond acceptors (Lipinski definition) is 6. The highest BCUT2D eigenvalue weighted by molar-refractivity contribution is 7.13. The maximum Gasteiger partial charge on any atom is 0.325 e. The summed E-state index contributed by atoms with van der Waals surface area (Å²) < 4.78 is 5.08. The van der Waals surface area contributed by atoms with Crippen LogP contribution in [0.15, 0.2) is 54.2 Å². The van der Waals surface area contributed by atoms with Crippen molar-refractivity contribution >= 4 is 34.1 Å². The zero-order valence-corrected chi connectivity index (χ0v) is 16.7. The molecule has 3 rings (SSSR count). The molecule has 29 heavy (non-hydrogen) atoms. The molecule has 0 atom stereocenters. The molecule has 3 N–H and O–H groups in total. The number of thiazole rings is 1. The number of rotatable bonds is 8. The summed E-state index contributed by atoms with van der Waals surface area (Å²) in [6.45, 7) is 0.469. The summed E-state index contributed by atoms with van der Waals surface area (Å²) in [5.74, 6) is 0.659. The van der Waals surface area contributed by atoms with Crippen LogP contribution in [0.25, 0.3) is 0 Å². The van der Waals surface area contributed by atoms with E-state index in [-0.39, 0.29) is 11.9 Å². The van der Waals surface area contributed by atoms with E-state index in [1.165, 1.54) is 11.3 Å². The third kappa shape index (κ3) is 6.58. The molecular weight excluding hydrogens is 390 g/mol. The highest BCUT2D eigenvalue weighted by atomic mass is 32.1. The molecule has 0 aliphatic heterocycles. The summed E-state index contributed by atoms with van der Waals surface area (Å²) in [4.78, 5) is 32.3. The van der Waals surface area contributed by atoms with E-state index >= 15 is 0 Å². The number of urea groups is 1. The molecular formula is C20H21N5O3S. The summed E-state index contributed by atoms with van der Waals surface area (Å²) in [6.07, 6.45) is 4.21. The average Bonchev–Trinajstić information content (AvgIpc) is 3.19. The van der Waals surface area contributed by atoms with E-state index < -0.39 is 0 Å². The van der Waals surface area contributed by atoms with Crippen molar-refractivity contribution in [1.82, 2.24) is 15.3 Å². The van der Waals surface area contributed by atoms with Gasteiger partial charge in [-0.05, 0) is 48.4 Å². The molecule has 150 valence electrons. The van der Waals surface area contributed by atoms with E-state index in [0.29, 0.717) is 36.0 Å². The number of carbonyl (C=O) groups excluding carboxylic acids is 2. The SMILES string of the molecule is COc1ccc(NC(=O)Nc2nc(CCC(=O)NCc3ccncc3)cs2)cc1. The number of methoxy groups -OCH3 is 1. The number of ether oxygens (including phenoxy) is 1. The predicted molar refractivity (Wildman–Crippen MR) is 112 cm³/mol. The molecule has 0 unspecified atom stereocenters. The third-order valence-corrected chi connectivity index (χ3v) is 4.77. The number of nitrogens with one attached hydrogen (secondary N) is 3. The van der Waals surface area contributed by atoms with E-state index in [1.807, 2.05) is 17.5 Å². The van der Waals surface area contributed by atoms with Gasteiger partial charge in [0.25, 0.3) is 0 Å². The number of pyridine rings is 1. The lowest BCUT2D eigenvalue weighted by atomic mass is 10.2. The summed E-state index contributed by atoms with van der Waals surface area (Å²) in [5, 5.41) is 10.6. The predicted octanol–water partition coefficient (Wildman–Crippen LogP) is 3.44. The maximum absolute atomic E-state index is 12.1. The van der Waals surface area contributed by atoms with Crippen molar-refractivity contribution < 1.29 is 14.3 Å². The Morgan fingerprint density at radius 3 is 2.55 bits per heavy atom. The third-order valence-electron chi connectivity index (χ3n) is 3.97. The Balaban J connectivity index is 1.41. The second-order valence-corrected chi connectivity index (χ2v) is 6.94. The number of benzene rings is 1. The molecule has 0 radical (unpaired) electrons. The molecule has 2 heterocycles. The molecule has 0 bridgehead atoms. The molecule has 1 aromatic carbocycles. The fourth-order valence-corrected chi connectivity index (χ4v) is 3.18. The van der Waals surface area contributed by atoms with Crippen LogP contribution in [0.3, 0.4) is 0 Å². The van der Waals surface area contributed by atoms with Crippen LogP contribution in [-0.4, -0.2) is 29.0 Å². The second kappa shape index (κ2) is 10.2. The smallest absolute Gasteiger partial charge is 0.325 e. The van der Waals surface area contributed by atoms with Gasteiger partial charge in [0.2, 0.25) is 5.91 Å². The molecule has 0 aliphatic carbocycles. The first kappa shape index (κ1) is 20.3. The van der Waals surface area contributed by atoms with Gasteiger partial charge in [0.05, 0.1) is 12.8 Å². The molecule has 2 aromatic heterocycles. The van der Waals surface area contributed by atoms with Crippen LogP contribution in [0.4, 0.5) is 15.6 Å². The van der Waals surface area contributed by atoms with Gasteiger partial charge in [0.15, 0.2) is 5.13 Å². The number of nitrogens with zero attached hydrogens (tertiary/aromatic N) is 2. The van der Waals surface area contributed by atoms with Gasteiger partial charge in [-0.15, -0.1) is 11.3 Å². The summed E-state index contributed by atoms with van der Waals surface area (Å²) in [6, 6.07) is 10.3.